The van der Waals surface area contributed by atoms with E-state index < -0.39 is 16.0 Å². The van der Waals surface area contributed by atoms with Crippen LogP contribution in [0.15, 0.2) is 48.5 Å². The standard InChI is InChI=1S/C17H18N2O5S/c1-3-25(22,23)19-15-10-4-12(5-11-15)16(20)18-14-8-6-13(7-9-14)17(21)24-2/h4-11,19H,3H2,1-2H3,(H,18,20). The topological polar surface area (TPSA) is 102 Å². The molecule has 0 spiro atoms. The maximum atomic E-state index is 12.2. The lowest BCUT2D eigenvalue weighted by molar-refractivity contribution is 0.0600. The van der Waals surface area contributed by atoms with Crippen molar-refractivity contribution in [3.63, 3.8) is 0 Å². The van der Waals surface area contributed by atoms with E-state index in [4.69, 9.17) is 0 Å². The van der Waals surface area contributed by atoms with Gasteiger partial charge in [-0.1, -0.05) is 0 Å². The van der Waals surface area contributed by atoms with Crippen molar-refractivity contribution in [1.29, 1.82) is 0 Å². The third-order valence-electron chi connectivity index (χ3n) is 3.36. The van der Waals surface area contributed by atoms with Crippen molar-refractivity contribution in [2.75, 3.05) is 22.9 Å². The van der Waals surface area contributed by atoms with Crippen LogP contribution in [0.2, 0.25) is 0 Å². The first-order valence-electron chi connectivity index (χ1n) is 7.45. The lowest BCUT2D eigenvalue weighted by Crippen LogP contribution is -2.15. The molecular formula is C17H18N2O5S. The molecular weight excluding hydrogens is 344 g/mol. The highest BCUT2D eigenvalue weighted by molar-refractivity contribution is 7.92. The number of carbonyl (C=O) groups is 2. The smallest absolute Gasteiger partial charge is 0.337 e. The Labute approximate surface area is 146 Å². The van der Waals surface area contributed by atoms with Crippen molar-refractivity contribution in [3.05, 3.63) is 59.7 Å². The van der Waals surface area contributed by atoms with Gasteiger partial charge in [0.25, 0.3) is 5.91 Å². The van der Waals surface area contributed by atoms with Crippen molar-refractivity contribution in [2.45, 2.75) is 6.92 Å². The Morgan fingerprint density at radius 2 is 1.44 bits per heavy atom. The molecule has 0 radical (unpaired) electrons. The number of sulfonamides is 1. The van der Waals surface area contributed by atoms with Gasteiger partial charge in [-0.25, -0.2) is 13.2 Å². The molecule has 0 unspecified atom stereocenters. The Morgan fingerprint density at radius 3 is 1.96 bits per heavy atom. The van der Waals surface area contributed by atoms with Gasteiger partial charge in [0.15, 0.2) is 0 Å². The molecule has 2 aromatic rings. The Kier molecular flexibility index (Phi) is 5.76. The highest BCUT2D eigenvalue weighted by atomic mass is 32.2. The molecule has 0 fully saturated rings. The van der Waals surface area contributed by atoms with E-state index in [0.717, 1.165) is 0 Å². The van der Waals surface area contributed by atoms with E-state index in [-0.39, 0.29) is 11.7 Å². The van der Waals surface area contributed by atoms with E-state index in [1.807, 2.05) is 0 Å². The third kappa shape index (κ3) is 5.05. The quantitative estimate of drug-likeness (QED) is 0.769. The highest BCUT2D eigenvalue weighted by Gasteiger charge is 2.10. The second-order valence-electron chi connectivity index (χ2n) is 5.11. The molecule has 132 valence electrons. The van der Waals surface area contributed by atoms with E-state index in [1.54, 1.807) is 24.3 Å². The van der Waals surface area contributed by atoms with Gasteiger partial charge >= 0.3 is 5.97 Å². The van der Waals surface area contributed by atoms with Crippen molar-refractivity contribution < 1.29 is 22.7 Å². The first-order valence-corrected chi connectivity index (χ1v) is 9.10. The molecule has 1 amide bonds. The maximum absolute atomic E-state index is 12.2. The molecule has 7 nitrogen and oxygen atoms in total. The first kappa shape index (κ1) is 18.5. The molecule has 0 aliphatic carbocycles. The minimum atomic E-state index is -3.36. The summed E-state index contributed by atoms with van der Waals surface area (Å²) < 4.78 is 30.0. The zero-order valence-corrected chi connectivity index (χ0v) is 14.6. The fraction of sp³-hybridized carbons (Fsp3) is 0.176. The average Bonchev–Trinajstić information content (AvgIpc) is 2.62. The normalized spacial score (nSPS) is 10.8. The van der Waals surface area contributed by atoms with Gasteiger partial charge in [0.1, 0.15) is 0 Å². The first-order chi connectivity index (χ1) is 11.8. The van der Waals surface area contributed by atoms with Gasteiger partial charge < -0.3 is 10.1 Å². The number of hydrogen-bond acceptors (Lipinski definition) is 5. The summed E-state index contributed by atoms with van der Waals surface area (Å²) in [6, 6.07) is 12.3. The molecule has 0 aromatic heterocycles. The number of carbonyl (C=O) groups excluding carboxylic acids is 2. The van der Waals surface area contributed by atoms with Gasteiger partial charge in [-0.05, 0) is 55.5 Å². The molecule has 25 heavy (non-hydrogen) atoms. The monoisotopic (exact) mass is 362 g/mol. The number of esters is 1. The maximum Gasteiger partial charge on any atom is 0.337 e. The number of amides is 1. The number of nitrogens with one attached hydrogen (secondary N) is 2. The van der Waals surface area contributed by atoms with E-state index >= 15 is 0 Å². The van der Waals surface area contributed by atoms with E-state index in [2.05, 4.69) is 14.8 Å². The summed E-state index contributed by atoms with van der Waals surface area (Å²) >= 11 is 0. The van der Waals surface area contributed by atoms with Crippen LogP contribution in [-0.4, -0.2) is 33.2 Å². The van der Waals surface area contributed by atoms with Crippen LogP contribution in [0.5, 0.6) is 0 Å². The highest BCUT2D eigenvalue weighted by Crippen LogP contribution is 2.15. The minimum Gasteiger partial charge on any atom is -0.465 e. The average molecular weight is 362 g/mol. The number of hydrogen-bond donors (Lipinski definition) is 2. The summed E-state index contributed by atoms with van der Waals surface area (Å²) in [5.41, 5.74) is 1.67. The van der Waals surface area contributed by atoms with Crippen LogP contribution >= 0.6 is 0 Å². The number of anilines is 2. The van der Waals surface area contributed by atoms with Crippen molar-refractivity contribution in [1.82, 2.24) is 0 Å². The lowest BCUT2D eigenvalue weighted by Gasteiger charge is -2.08. The van der Waals surface area contributed by atoms with Crippen molar-refractivity contribution in [2.24, 2.45) is 0 Å². The molecule has 0 aliphatic heterocycles. The molecule has 0 atom stereocenters. The van der Waals surface area contributed by atoms with Crippen LogP contribution in [0.25, 0.3) is 0 Å². The second-order valence-corrected chi connectivity index (χ2v) is 7.12. The van der Waals surface area contributed by atoms with Crippen molar-refractivity contribution >= 4 is 33.3 Å². The van der Waals surface area contributed by atoms with Crippen LogP contribution < -0.4 is 10.0 Å². The summed E-state index contributed by atoms with van der Waals surface area (Å²) in [7, 11) is -2.06. The minimum absolute atomic E-state index is 0.0309. The van der Waals surface area contributed by atoms with Gasteiger partial charge in [-0.2, -0.15) is 0 Å². The molecule has 0 bridgehead atoms. The summed E-state index contributed by atoms with van der Waals surface area (Å²) in [4.78, 5) is 23.6. The third-order valence-corrected chi connectivity index (χ3v) is 4.67. The molecule has 2 rings (SSSR count). The fourth-order valence-electron chi connectivity index (χ4n) is 1.95. The molecule has 2 aromatic carbocycles. The lowest BCUT2D eigenvalue weighted by atomic mass is 10.1. The van der Waals surface area contributed by atoms with Crippen LogP contribution in [0.3, 0.4) is 0 Å². The van der Waals surface area contributed by atoms with Gasteiger partial charge in [-0.15, -0.1) is 0 Å². The van der Waals surface area contributed by atoms with Gasteiger partial charge in [0, 0.05) is 16.9 Å². The Balaban J connectivity index is 2.04. The number of methoxy groups -OCH3 is 1. The summed E-state index contributed by atoms with van der Waals surface area (Å²) in [5.74, 6) is -0.838. The van der Waals surface area contributed by atoms with Gasteiger partial charge in [0.05, 0.1) is 18.4 Å². The SMILES string of the molecule is CCS(=O)(=O)Nc1ccc(C(=O)Nc2ccc(C(=O)OC)cc2)cc1. The molecule has 2 N–H and O–H groups in total. The predicted octanol–water partition coefficient (Wildman–Crippen LogP) is 2.49. The Hall–Kier alpha value is -2.87. The van der Waals surface area contributed by atoms with E-state index in [9.17, 15) is 18.0 Å². The zero-order valence-electron chi connectivity index (χ0n) is 13.8. The predicted molar refractivity (Wildman–Crippen MR) is 95.3 cm³/mol. The molecule has 8 heteroatoms. The molecule has 0 heterocycles. The van der Waals surface area contributed by atoms with Crippen LogP contribution in [0, 0.1) is 0 Å². The molecule has 0 saturated heterocycles. The summed E-state index contributed by atoms with van der Waals surface area (Å²) in [6.07, 6.45) is 0. The largest absolute Gasteiger partial charge is 0.465 e. The number of rotatable bonds is 6. The zero-order chi connectivity index (χ0) is 18.4. The van der Waals surface area contributed by atoms with Gasteiger partial charge in [-0.3, -0.25) is 9.52 Å². The number of ether oxygens (including phenoxy) is 1. The van der Waals surface area contributed by atoms with E-state index in [0.29, 0.717) is 22.5 Å². The van der Waals surface area contributed by atoms with Crippen LogP contribution in [0.4, 0.5) is 11.4 Å². The molecule has 0 saturated carbocycles. The second kappa shape index (κ2) is 7.80. The summed E-state index contributed by atoms with van der Waals surface area (Å²) in [6.45, 7) is 1.54. The Morgan fingerprint density at radius 1 is 0.920 bits per heavy atom. The number of benzene rings is 2. The van der Waals surface area contributed by atoms with Crippen molar-refractivity contribution in [3.8, 4) is 0 Å². The molecule has 0 aliphatic rings. The van der Waals surface area contributed by atoms with Crippen LogP contribution in [0.1, 0.15) is 27.6 Å². The van der Waals surface area contributed by atoms with Crippen LogP contribution in [-0.2, 0) is 14.8 Å². The summed E-state index contributed by atoms with van der Waals surface area (Å²) in [5, 5.41) is 2.69. The van der Waals surface area contributed by atoms with E-state index in [1.165, 1.54) is 38.3 Å². The Bertz CT molecular complexity index is 859. The fourth-order valence-corrected chi connectivity index (χ4v) is 2.59. The van der Waals surface area contributed by atoms with Gasteiger partial charge in [0.2, 0.25) is 10.0 Å².